The predicted octanol–water partition coefficient (Wildman–Crippen LogP) is 3.51. The second-order valence-electron chi connectivity index (χ2n) is 5.75. The molecule has 0 spiro atoms. The van der Waals surface area contributed by atoms with E-state index in [-0.39, 0.29) is 6.04 Å². The first kappa shape index (κ1) is 12.9. The molecule has 2 aromatic carbocycles. The quantitative estimate of drug-likeness (QED) is 0.934. The van der Waals surface area contributed by atoms with Crippen LogP contribution in [0.2, 0.25) is 0 Å². The van der Waals surface area contributed by atoms with Gasteiger partial charge in [-0.25, -0.2) is 0 Å². The second-order valence-corrected chi connectivity index (χ2v) is 5.75. The number of hydrogen-bond acceptors (Lipinski definition) is 3. The Morgan fingerprint density at radius 3 is 2.24 bits per heavy atom. The van der Waals surface area contributed by atoms with Gasteiger partial charge in [-0.2, -0.15) is 0 Å². The van der Waals surface area contributed by atoms with Crippen molar-refractivity contribution < 1.29 is 9.47 Å². The van der Waals surface area contributed by atoms with Gasteiger partial charge in [-0.05, 0) is 24.5 Å². The van der Waals surface area contributed by atoms with Crippen LogP contribution >= 0.6 is 0 Å². The summed E-state index contributed by atoms with van der Waals surface area (Å²) in [6.07, 6.45) is 1.15. The maximum Gasteiger partial charge on any atom is 0.132 e. The number of fused-ring (bicyclic) bond motifs is 2. The van der Waals surface area contributed by atoms with Crippen LogP contribution in [0.5, 0.6) is 11.5 Å². The van der Waals surface area contributed by atoms with Crippen LogP contribution in [0.25, 0.3) is 0 Å². The third kappa shape index (κ3) is 2.43. The molecule has 1 N–H and O–H groups in total. The van der Waals surface area contributed by atoms with Gasteiger partial charge in [-0.3, -0.25) is 0 Å². The largest absolute Gasteiger partial charge is 0.457 e. The highest BCUT2D eigenvalue weighted by Gasteiger charge is 2.27. The first-order chi connectivity index (χ1) is 10.4. The summed E-state index contributed by atoms with van der Waals surface area (Å²) in [5.74, 6) is 2.53. The summed E-state index contributed by atoms with van der Waals surface area (Å²) >= 11 is 0. The van der Waals surface area contributed by atoms with E-state index in [9.17, 15) is 0 Å². The molecule has 0 amide bonds. The number of nitrogens with one attached hydrogen (secondary N) is 1. The number of para-hydroxylation sites is 2. The Labute approximate surface area is 124 Å². The van der Waals surface area contributed by atoms with Gasteiger partial charge >= 0.3 is 0 Å². The van der Waals surface area contributed by atoms with E-state index in [0.29, 0.717) is 5.92 Å². The Morgan fingerprint density at radius 2 is 1.62 bits per heavy atom. The Bertz CT molecular complexity index is 589. The minimum Gasteiger partial charge on any atom is -0.457 e. The van der Waals surface area contributed by atoms with Crippen molar-refractivity contribution in [2.45, 2.75) is 12.5 Å². The molecule has 3 heteroatoms. The van der Waals surface area contributed by atoms with Crippen molar-refractivity contribution in [1.82, 2.24) is 5.32 Å². The Balaban J connectivity index is 1.64. The van der Waals surface area contributed by atoms with Crippen molar-refractivity contribution >= 4 is 0 Å². The standard InChI is InChI=1S/C18H19NO2/c1-3-7-16-14(5-1)18(19-11-13-9-10-20-12-13)15-6-2-4-8-17(15)21-16/h1-8,13,18-19H,9-12H2. The molecule has 1 unspecified atom stereocenters. The Hall–Kier alpha value is -1.84. The lowest BCUT2D eigenvalue weighted by Gasteiger charge is -2.29. The topological polar surface area (TPSA) is 30.5 Å². The minimum absolute atomic E-state index is 0.201. The molecule has 0 aliphatic carbocycles. The molecular formula is C18H19NO2. The molecule has 108 valence electrons. The fraction of sp³-hybridized carbons (Fsp3) is 0.333. The number of ether oxygens (including phenoxy) is 2. The maximum absolute atomic E-state index is 6.01. The first-order valence-electron chi connectivity index (χ1n) is 7.58. The molecule has 0 bridgehead atoms. The van der Waals surface area contributed by atoms with Gasteiger partial charge < -0.3 is 14.8 Å². The number of hydrogen-bond donors (Lipinski definition) is 1. The van der Waals surface area contributed by atoms with Gasteiger partial charge in [0.25, 0.3) is 0 Å². The molecule has 2 aromatic rings. The van der Waals surface area contributed by atoms with Crippen LogP contribution in [0.1, 0.15) is 23.6 Å². The van der Waals surface area contributed by atoms with E-state index in [2.05, 4.69) is 29.6 Å². The SMILES string of the molecule is c1ccc2c(c1)Oc1ccccc1C2NCC1CCOC1. The van der Waals surface area contributed by atoms with Crippen molar-refractivity contribution in [3.05, 3.63) is 59.7 Å². The first-order valence-corrected chi connectivity index (χ1v) is 7.58. The highest BCUT2D eigenvalue weighted by molar-refractivity contribution is 5.52. The summed E-state index contributed by atoms with van der Waals surface area (Å²) in [4.78, 5) is 0. The van der Waals surface area contributed by atoms with Crippen LogP contribution in [0.4, 0.5) is 0 Å². The van der Waals surface area contributed by atoms with Crippen molar-refractivity contribution in [2.24, 2.45) is 5.92 Å². The normalized spacial score (nSPS) is 20.7. The summed E-state index contributed by atoms with van der Waals surface area (Å²) in [7, 11) is 0. The van der Waals surface area contributed by atoms with Crippen molar-refractivity contribution in [3.63, 3.8) is 0 Å². The molecule has 1 fully saturated rings. The van der Waals surface area contributed by atoms with E-state index in [0.717, 1.165) is 37.7 Å². The highest BCUT2D eigenvalue weighted by Crippen LogP contribution is 2.42. The van der Waals surface area contributed by atoms with E-state index in [1.807, 2.05) is 24.3 Å². The van der Waals surface area contributed by atoms with Crippen molar-refractivity contribution in [2.75, 3.05) is 19.8 Å². The highest BCUT2D eigenvalue weighted by atomic mass is 16.5. The van der Waals surface area contributed by atoms with Gasteiger partial charge in [0, 0.05) is 24.3 Å². The van der Waals surface area contributed by atoms with Crippen molar-refractivity contribution in [1.29, 1.82) is 0 Å². The average molecular weight is 281 g/mol. The molecule has 2 aliphatic heterocycles. The molecular weight excluding hydrogens is 262 g/mol. The van der Waals surface area contributed by atoms with Gasteiger partial charge in [0.05, 0.1) is 12.6 Å². The Morgan fingerprint density at radius 1 is 0.952 bits per heavy atom. The molecule has 3 nitrogen and oxygen atoms in total. The fourth-order valence-corrected chi connectivity index (χ4v) is 3.16. The molecule has 2 aliphatic rings. The van der Waals surface area contributed by atoms with Gasteiger partial charge in [-0.1, -0.05) is 36.4 Å². The van der Waals surface area contributed by atoms with E-state index >= 15 is 0 Å². The molecule has 0 radical (unpaired) electrons. The molecule has 0 saturated carbocycles. The summed E-state index contributed by atoms with van der Waals surface area (Å²) < 4.78 is 11.5. The number of rotatable bonds is 3. The van der Waals surface area contributed by atoms with Gasteiger partial charge in [0.1, 0.15) is 11.5 Å². The van der Waals surface area contributed by atoms with Crippen LogP contribution in [-0.2, 0) is 4.74 Å². The van der Waals surface area contributed by atoms with Crippen LogP contribution < -0.4 is 10.1 Å². The molecule has 0 aromatic heterocycles. The van der Waals surface area contributed by atoms with E-state index in [1.165, 1.54) is 11.1 Å². The van der Waals surface area contributed by atoms with E-state index in [4.69, 9.17) is 9.47 Å². The lowest BCUT2D eigenvalue weighted by atomic mass is 9.94. The summed E-state index contributed by atoms with van der Waals surface area (Å²) in [5, 5.41) is 3.72. The van der Waals surface area contributed by atoms with E-state index in [1.54, 1.807) is 0 Å². The molecule has 2 heterocycles. The van der Waals surface area contributed by atoms with E-state index < -0.39 is 0 Å². The summed E-state index contributed by atoms with van der Waals surface area (Å²) in [6.45, 7) is 2.75. The fourth-order valence-electron chi connectivity index (χ4n) is 3.16. The molecule has 4 rings (SSSR count). The maximum atomic E-state index is 6.01. The van der Waals surface area contributed by atoms with Gasteiger partial charge in [0.15, 0.2) is 0 Å². The zero-order chi connectivity index (χ0) is 14.1. The second kappa shape index (κ2) is 5.51. The van der Waals surface area contributed by atoms with Crippen LogP contribution in [0.3, 0.4) is 0 Å². The van der Waals surface area contributed by atoms with Crippen LogP contribution in [-0.4, -0.2) is 19.8 Å². The molecule has 1 atom stereocenters. The third-order valence-corrected chi connectivity index (χ3v) is 4.31. The lowest BCUT2D eigenvalue weighted by Crippen LogP contribution is -2.30. The Kier molecular flexibility index (Phi) is 3.37. The molecule has 21 heavy (non-hydrogen) atoms. The summed E-state index contributed by atoms with van der Waals surface area (Å²) in [5.41, 5.74) is 2.44. The number of benzene rings is 2. The smallest absolute Gasteiger partial charge is 0.132 e. The predicted molar refractivity (Wildman–Crippen MR) is 81.7 cm³/mol. The average Bonchev–Trinajstić information content (AvgIpc) is 3.05. The zero-order valence-electron chi connectivity index (χ0n) is 11.9. The zero-order valence-corrected chi connectivity index (χ0v) is 11.9. The monoisotopic (exact) mass is 281 g/mol. The molecule has 1 saturated heterocycles. The van der Waals surface area contributed by atoms with Crippen molar-refractivity contribution in [3.8, 4) is 11.5 Å². The van der Waals surface area contributed by atoms with Crippen LogP contribution in [0, 0.1) is 5.92 Å². The third-order valence-electron chi connectivity index (χ3n) is 4.31. The lowest BCUT2D eigenvalue weighted by molar-refractivity contribution is 0.184. The summed E-state index contributed by atoms with van der Waals surface area (Å²) in [6, 6.07) is 16.8. The van der Waals surface area contributed by atoms with Gasteiger partial charge in [0.2, 0.25) is 0 Å². The minimum atomic E-state index is 0.201. The van der Waals surface area contributed by atoms with Crippen LogP contribution in [0.15, 0.2) is 48.5 Å². The van der Waals surface area contributed by atoms with Gasteiger partial charge in [-0.15, -0.1) is 0 Å².